The first-order valence-corrected chi connectivity index (χ1v) is 6.57. The van der Waals surface area contributed by atoms with E-state index in [4.69, 9.17) is 0 Å². The van der Waals surface area contributed by atoms with Gasteiger partial charge in [0.2, 0.25) is 0 Å². The van der Waals surface area contributed by atoms with E-state index < -0.39 is 36.6 Å². The summed E-state index contributed by atoms with van der Waals surface area (Å²) in [5, 5.41) is 0. The molecule has 0 amide bonds. The van der Waals surface area contributed by atoms with E-state index in [1.165, 1.54) is 0 Å². The van der Waals surface area contributed by atoms with Gasteiger partial charge in [0.05, 0.1) is 13.2 Å². The van der Waals surface area contributed by atoms with Gasteiger partial charge in [-0.25, -0.2) is 0 Å². The Balaban J connectivity index is 2.30. The van der Waals surface area contributed by atoms with Crippen molar-refractivity contribution in [3.8, 4) is 0 Å². The van der Waals surface area contributed by atoms with Crippen LogP contribution in [0.1, 0.15) is 32.1 Å². The van der Waals surface area contributed by atoms with Gasteiger partial charge in [-0.3, -0.25) is 0 Å². The molecule has 1 saturated heterocycles. The van der Waals surface area contributed by atoms with Gasteiger partial charge in [0.15, 0.2) is 0 Å². The van der Waals surface area contributed by atoms with Gasteiger partial charge in [0.25, 0.3) is 5.60 Å². The van der Waals surface area contributed by atoms with Crippen LogP contribution in [-0.2, 0) is 9.47 Å². The summed E-state index contributed by atoms with van der Waals surface area (Å²) in [7, 11) is 0. The summed E-state index contributed by atoms with van der Waals surface area (Å²) in [5.41, 5.74) is -4.06. The molecule has 1 saturated carbocycles. The lowest BCUT2D eigenvalue weighted by Crippen LogP contribution is -2.64. The first-order valence-electron chi connectivity index (χ1n) is 6.57. The van der Waals surface area contributed by atoms with Gasteiger partial charge < -0.3 is 9.47 Å². The molecule has 0 aromatic heterocycles. The Bertz CT molecular complexity index is 314. The molecular formula is C12H16F6O2. The predicted molar refractivity (Wildman–Crippen MR) is 57.1 cm³/mol. The van der Waals surface area contributed by atoms with Gasteiger partial charge in [0, 0.05) is 5.92 Å². The van der Waals surface area contributed by atoms with Crippen LogP contribution in [0.4, 0.5) is 26.3 Å². The third kappa shape index (κ3) is 2.90. The highest BCUT2D eigenvalue weighted by atomic mass is 19.4. The van der Waals surface area contributed by atoms with E-state index >= 15 is 0 Å². The molecule has 0 radical (unpaired) electrons. The van der Waals surface area contributed by atoms with E-state index in [9.17, 15) is 26.3 Å². The summed E-state index contributed by atoms with van der Waals surface area (Å²) in [6.07, 6.45) is -10.5. The zero-order valence-corrected chi connectivity index (χ0v) is 10.7. The van der Waals surface area contributed by atoms with Crippen molar-refractivity contribution in [2.24, 2.45) is 5.92 Å². The SMILES string of the molecule is FC(F)(F)C(OCC1CO1)(C1CCCCC1)C(F)(F)F. The molecule has 0 spiro atoms. The molecule has 0 N–H and O–H groups in total. The quantitative estimate of drug-likeness (QED) is 0.581. The number of ether oxygens (including phenoxy) is 2. The molecule has 2 fully saturated rings. The minimum Gasteiger partial charge on any atom is -0.371 e. The molecule has 1 atom stereocenters. The molecule has 1 unspecified atom stereocenters. The zero-order chi connectivity index (χ0) is 15.0. The number of halogens is 6. The molecule has 118 valence electrons. The third-order valence-corrected chi connectivity index (χ3v) is 3.92. The summed E-state index contributed by atoms with van der Waals surface area (Å²) in [5.74, 6) is -1.57. The minimum atomic E-state index is -5.48. The van der Waals surface area contributed by atoms with Crippen molar-refractivity contribution in [3.05, 3.63) is 0 Å². The number of alkyl halides is 6. The molecular weight excluding hydrogens is 290 g/mol. The second-order valence-corrected chi connectivity index (χ2v) is 5.33. The van der Waals surface area contributed by atoms with Crippen molar-refractivity contribution >= 4 is 0 Å². The highest BCUT2D eigenvalue weighted by Crippen LogP contribution is 2.54. The first-order chi connectivity index (χ1) is 9.18. The normalized spacial score (nSPS) is 25.8. The number of hydrogen-bond donors (Lipinski definition) is 0. The van der Waals surface area contributed by atoms with Crippen LogP contribution in [0.15, 0.2) is 0 Å². The van der Waals surface area contributed by atoms with Gasteiger partial charge in [-0.15, -0.1) is 0 Å². The molecule has 0 aromatic rings. The summed E-state index contributed by atoms with van der Waals surface area (Å²) in [6, 6.07) is 0. The van der Waals surface area contributed by atoms with E-state index in [2.05, 4.69) is 9.47 Å². The summed E-state index contributed by atoms with van der Waals surface area (Å²) < 4.78 is 88.5. The molecule has 2 nitrogen and oxygen atoms in total. The van der Waals surface area contributed by atoms with E-state index in [1.807, 2.05) is 0 Å². The van der Waals surface area contributed by atoms with Crippen LogP contribution in [0.5, 0.6) is 0 Å². The molecule has 2 aliphatic rings. The van der Waals surface area contributed by atoms with Crippen LogP contribution in [0.25, 0.3) is 0 Å². The van der Waals surface area contributed by atoms with E-state index in [-0.39, 0.29) is 19.4 Å². The van der Waals surface area contributed by atoms with Gasteiger partial charge >= 0.3 is 12.4 Å². The van der Waals surface area contributed by atoms with Crippen molar-refractivity contribution in [1.82, 2.24) is 0 Å². The lowest BCUT2D eigenvalue weighted by molar-refractivity contribution is -0.400. The molecule has 1 heterocycles. The Hall–Kier alpha value is -0.500. The van der Waals surface area contributed by atoms with Crippen LogP contribution >= 0.6 is 0 Å². The Morgan fingerprint density at radius 1 is 0.900 bits per heavy atom. The van der Waals surface area contributed by atoms with Crippen LogP contribution in [-0.4, -0.2) is 37.3 Å². The Kier molecular flexibility index (Phi) is 4.26. The second-order valence-electron chi connectivity index (χ2n) is 5.33. The number of rotatable bonds is 4. The molecule has 8 heteroatoms. The topological polar surface area (TPSA) is 21.8 Å². The highest BCUT2D eigenvalue weighted by molar-refractivity contribution is 5.02. The number of hydrogen-bond acceptors (Lipinski definition) is 2. The fourth-order valence-corrected chi connectivity index (χ4v) is 2.80. The van der Waals surface area contributed by atoms with Crippen molar-refractivity contribution in [1.29, 1.82) is 0 Å². The average molecular weight is 306 g/mol. The zero-order valence-electron chi connectivity index (χ0n) is 10.7. The summed E-state index contributed by atoms with van der Waals surface area (Å²) >= 11 is 0. The lowest BCUT2D eigenvalue weighted by atomic mass is 9.75. The first kappa shape index (κ1) is 15.9. The van der Waals surface area contributed by atoms with Gasteiger partial charge in [-0.1, -0.05) is 19.3 Å². The molecule has 1 aliphatic heterocycles. The molecule has 1 aliphatic carbocycles. The molecule has 0 bridgehead atoms. The highest BCUT2D eigenvalue weighted by Gasteiger charge is 2.75. The van der Waals surface area contributed by atoms with Gasteiger partial charge in [-0.05, 0) is 12.8 Å². The Morgan fingerprint density at radius 3 is 1.80 bits per heavy atom. The third-order valence-electron chi connectivity index (χ3n) is 3.92. The Labute approximate surface area is 112 Å². The van der Waals surface area contributed by atoms with Crippen LogP contribution < -0.4 is 0 Å². The maximum atomic E-state index is 13.2. The summed E-state index contributed by atoms with van der Waals surface area (Å²) in [6.45, 7) is -0.522. The van der Waals surface area contributed by atoms with Crippen molar-refractivity contribution in [2.75, 3.05) is 13.2 Å². The van der Waals surface area contributed by atoms with E-state index in [0.717, 1.165) is 0 Å². The van der Waals surface area contributed by atoms with Crippen molar-refractivity contribution < 1.29 is 35.8 Å². The molecule has 0 aromatic carbocycles. The van der Waals surface area contributed by atoms with Crippen LogP contribution in [0, 0.1) is 5.92 Å². The predicted octanol–water partition coefficient (Wildman–Crippen LogP) is 3.85. The lowest BCUT2D eigenvalue weighted by Gasteiger charge is -2.44. The minimum absolute atomic E-state index is 0.120. The van der Waals surface area contributed by atoms with Crippen LogP contribution in [0.2, 0.25) is 0 Å². The maximum Gasteiger partial charge on any atom is 0.426 e. The second kappa shape index (κ2) is 5.36. The van der Waals surface area contributed by atoms with Crippen LogP contribution in [0.3, 0.4) is 0 Å². The maximum absolute atomic E-state index is 13.2. The molecule has 20 heavy (non-hydrogen) atoms. The fraction of sp³-hybridized carbons (Fsp3) is 1.00. The smallest absolute Gasteiger partial charge is 0.371 e. The molecule has 2 rings (SSSR count). The van der Waals surface area contributed by atoms with Gasteiger partial charge in [-0.2, -0.15) is 26.3 Å². The number of epoxide rings is 1. The van der Waals surface area contributed by atoms with Gasteiger partial charge in [0.1, 0.15) is 6.10 Å². The monoisotopic (exact) mass is 306 g/mol. The van der Waals surface area contributed by atoms with E-state index in [1.54, 1.807) is 0 Å². The largest absolute Gasteiger partial charge is 0.426 e. The van der Waals surface area contributed by atoms with E-state index in [0.29, 0.717) is 19.3 Å². The van der Waals surface area contributed by atoms with Crippen molar-refractivity contribution in [3.63, 3.8) is 0 Å². The summed E-state index contributed by atoms with van der Waals surface area (Å²) in [4.78, 5) is 0. The average Bonchev–Trinajstić information content (AvgIpc) is 3.11. The van der Waals surface area contributed by atoms with Crippen molar-refractivity contribution in [2.45, 2.75) is 56.2 Å². The Morgan fingerprint density at radius 2 is 1.40 bits per heavy atom. The standard InChI is InChI=1S/C12H16F6O2/c13-11(14,15)10(12(16,17)18,20-7-9-6-19-9)8-4-2-1-3-5-8/h8-9H,1-7H2. The fourth-order valence-electron chi connectivity index (χ4n) is 2.80.